The zero-order valence-electron chi connectivity index (χ0n) is 6.35. The van der Waals surface area contributed by atoms with Crippen molar-refractivity contribution >= 4 is 30.0 Å². The van der Waals surface area contributed by atoms with E-state index in [1.165, 1.54) is 12.3 Å². The summed E-state index contributed by atoms with van der Waals surface area (Å²) in [6.45, 7) is 0. The van der Waals surface area contributed by atoms with E-state index in [1.807, 2.05) is 0 Å². The first-order valence-electron chi connectivity index (χ1n) is 3.08. The third-order valence-corrected chi connectivity index (χ3v) is 1.41. The molecule has 1 rings (SSSR count). The smallest absolute Gasteiger partial charge is 0.326 e. The van der Waals surface area contributed by atoms with E-state index >= 15 is 0 Å². The first kappa shape index (κ1) is 12.1. The van der Waals surface area contributed by atoms with Gasteiger partial charge in [-0.25, -0.2) is 9.97 Å². The number of hydrogen-bond donors (Lipinski definition) is 2. The van der Waals surface area contributed by atoms with E-state index in [1.54, 1.807) is 0 Å². The van der Waals surface area contributed by atoms with Crippen LogP contribution in [0.2, 0.25) is 5.28 Å². The Kier molecular flexibility index (Phi) is 4.61. The minimum atomic E-state index is -1.15. The number of nitrogens with two attached hydrogens (primary N) is 1. The van der Waals surface area contributed by atoms with Crippen LogP contribution >= 0.6 is 24.0 Å². The van der Waals surface area contributed by atoms with Crippen molar-refractivity contribution in [3.63, 3.8) is 0 Å². The Morgan fingerprint density at radius 1 is 1.69 bits per heavy atom. The van der Waals surface area contributed by atoms with E-state index in [0.717, 1.165) is 0 Å². The molecule has 7 heteroatoms. The Bertz CT molecular complexity index is 308. The number of hydrogen-bond acceptors (Lipinski definition) is 4. The highest BCUT2D eigenvalue weighted by Gasteiger charge is 2.15. The summed E-state index contributed by atoms with van der Waals surface area (Å²) in [5, 5.41) is 8.49. The van der Waals surface area contributed by atoms with Crippen molar-refractivity contribution < 1.29 is 9.90 Å². The molecule has 1 heterocycles. The second-order valence-corrected chi connectivity index (χ2v) is 2.40. The number of carboxylic acid groups (broad SMARTS) is 1. The van der Waals surface area contributed by atoms with E-state index in [9.17, 15) is 4.79 Å². The highest BCUT2D eigenvalue weighted by Crippen LogP contribution is 2.08. The van der Waals surface area contributed by atoms with Gasteiger partial charge in [0.1, 0.15) is 6.04 Å². The maximum Gasteiger partial charge on any atom is 0.326 e. The van der Waals surface area contributed by atoms with Gasteiger partial charge in [-0.1, -0.05) is 0 Å². The topological polar surface area (TPSA) is 89.1 Å². The van der Waals surface area contributed by atoms with Crippen molar-refractivity contribution in [3.05, 3.63) is 23.2 Å². The van der Waals surface area contributed by atoms with Crippen molar-refractivity contribution in [1.29, 1.82) is 0 Å². The molecule has 0 spiro atoms. The van der Waals surface area contributed by atoms with Crippen LogP contribution in [-0.2, 0) is 4.79 Å². The lowest BCUT2D eigenvalue weighted by atomic mass is 10.2. The molecule has 0 saturated heterocycles. The van der Waals surface area contributed by atoms with Gasteiger partial charge >= 0.3 is 5.97 Å². The van der Waals surface area contributed by atoms with E-state index in [4.69, 9.17) is 22.4 Å². The fourth-order valence-electron chi connectivity index (χ4n) is 0.648. The average Bonchev–Trinajstić information content (AvgIpc) is 2.03. The summed E-state index contributed by atoms with van der Waals surface area (Å²) >= 11 is 5.42. The van der Waals surface area contributed by atoms with Gasteiger partial charge in [0.25, 0.3) is 0 Å². The van der Waals surface area contributed by atoms with Crippen LogP contribution < -0.4 is 5.73 Å². The van der Waals surface area contributed by atoms with Crippen LogP contribution in [0.5, 0.6) is 0 Å². The number of rotatable bonds is 2. The summed E-state index contributed by atoms with van der Waals surface area (Å²) in [4.78, 5) is 17.6. The number of halogens is 2. The minimum Gasteiger partial charge on any atom is -0.480 e. The molecular weight excluding hydrogens is 217 g/mol. The standard InChI is InChI=1S/C6H6ClN3O2.ClH/c7-6-9-2-1-3(10-6)4(8)5(11)12;/h1-2,4H,8H2,(H,11,12);1H. The van der Waals surface area contributed by atoms with Gasteiger partial charge in [0, 0.05) is 6.20 Å². The van der Waals surface area contributed by atoms with Crippen molar-refractivity contribution in [2.45, 2.75) is 6.04 Å². The molecule has 3 N–H and O–H groups in total. The molecule has 0 amide bonds. The molecule has 0 bridgehead atoms. The summed E-state index contributed by atoms with van der Waals surface area (Å²) in [7, 11) is 0. The zero-order valence-corrected chi connectivity index (χ0v) is 7.92. The molecule has 0 aliphatic heterocycles. The Balaban J connectivity index is 0.00000144. The Morgan fingerprint density at radius 3 is 2.77 bits per heavy atom. The molecular formula is C6H7Cl2N3O2. The lowest BCUT2D eigenvalue weighted by molar-refractivity contribution is -0.138. The molecule has 0 aromatic carbocycles. The fourth-order valence-corrected chi connectivity index (χ4v) is 0.801. The monoisotopic (exact) mass is 223 g/mol. The maximum atomic E-state index is 10.4. The molecule has 0 aliphatic carbocycles. The normalized spacial score (nSPS) is 11.5. The van der Waals surface area contributed by atoms with Crippen LogP contribution in [0.4, 0.5) is 0 Å². The molecule has 1 atom stereocenters. The molecule has 72 valence electrons. The first-order valence-corrected chi connectivity index (χ1v) is 3.46. The number of nitrogens with zero attached hydrogens (tertiary/aromatic N) is 2. The molecule has 0 radical (unpaired) electrons. The Labute approximate surface area is 85.4 Å². The van der Waals surface area contributed by atoms with E-state index in [2.05, 4.69) is 9.97 Å². The lowest BCUT2D eigenvalue weighted by Gasteiger charge is -2.03. The number of carbonyl (C=O) groups is 1. The third-order valence-electron chi connectivity index (χ3n) is 1.23. The van der Waals surface area contributed by atoms with E-state index in [-0.39, 0.29) is 23.4 Å². The van der Waals surface area contributed by atoms with Crippen molar-refractivity contribution in [3.8, 4) is 0 Å². The van der Waals surface area contributed by atoms with Gasteiger partial charge in [0.15, 0.2) is 0 Å². The van der Waals surface area contributed by atoms with Crippen LogP contribution in [0.1, 0.15) is 11.7 Å². The summed E-state index contributed by atoms with van der Waals surface area (Å²) in [6, 6.07) is 0.260. The minimum absolute atomic E-state index is 0. The summed E-state index contributed by atoms with van der Waals surface area (Å²) in [5.41, 5.74) is 5.45. The molecule has 13 heavy (non-hydrogen) atoms. The molecule has 0 aliphatic rings. The molecule has 5 nitrogen and oxygen atoms in total. The van der Waals surface area contributed by atoms with Crippen LogP contribution in [0.3, 0.4) is 0 Å². The maximum absolute atomic E-state index is 10.4. The summed E-state index contributed by atoms with van der Waals surface area (Å²) in [6.07, 6.45) is 1.35. The summed E-state index contributed by atoms with van der Waals surface area (Å²) in [5.74, 6) is -1.15. The number of aromatic nitrogens is 2. The molecule has 1 unspecified atom stereocenters. The zero-order chi connectivity index (χ0) is 9.14. The van der Waals surface area contributed by atoms with Crippen LogP contribution in [0, 0.1) is 0 Å². The van der Waals surface area contributed by atoms with Gasteiger partial charge in [-0.05, 0) is 17.7 Å². The fraction of sp³-hybridized carbons (Fsp3) is 0.167. The van der Waals surface area contributed by atoms with Gasteiger partial charge in [-0.3, -0.25) is 4.79 Å². The van der Waals surface area contributed by atoms with Gasteiger partial charge < -0.3 is 10.8 Å². The second-order valence-electron chi connectivity index (χ2n) is 2.07. The quantitative estimate of drug-likeness (QED) is 0.719. The van der Waals surface area contributed by atoms with Gasteiger partial charge in [0.2, 0.25) is 5.28 Å². The third kappa shape index (κ3) is 3.14. The highest BCUT2D eigenvalue weighted by atomic mass is 35.5. The number of aliphatic carboxylic acids is 1. The average molecular weight is 224 g/mol. The van der Waals surface area contributed by atoms with Gasteiger partial charge in [-0.2, -0.15) is 0 Å². The SMILES string of the molecule is Cl.NC(C(=O)O)c1ccnc(Cl)n1. The van der Waals surface area contributed by atoms with Gasteiger partial charge in [0.05, 0.1) is 5.69 Å². The molecule has 0 fully saturated rings. The Morgan fingerprint density at radius 2 is 2.31 bits per heavy atom. The van der Waals surface area contributed by atoms with Crippen molar-refractivity contribution in [1.82, 2.24) is 9.97 Å². The van der Waals surface area contributed by atoms with Crippen LogP contribution in [-0.4, -0.2) is 21.0 Å². The van der Waals surface area contributed by atoms with Crippen molar-refractivity contribution in [2.24, 2.45) is 5.73 Å². The predicted octanol–water partition coefficient (Wildman–Crippen LogP) is 0.636. The Hall–Kier alpha value is -0.910. The number of carboxylic acids is 1. The van der Waals surface area contributed by atoms with Crippen molar-refractivity contribution in [2.75, 3.05) is 0 Å². The van der Waals surface area contributed by atoms with Crippen LogP contribution in [0.25, 0.3) is 0 Å². The molecule has 0 saturated carbocycles. The van der Waals surface area contributed by atoms with E-state index in [0.29, 0.717) is 0 Å². The molecule has 1 aromatic heterocycles. The summed E-state index contributed by atoms with van der Waals surface area (Å²) < 4.78 is 0. The largest absolute Gasteiger partial charge is 0.480 e. The predicted molar refractivity (Wildman–Crippen MR) is 48.9 cm³/mol. The highest BCUT2D eigenvalue weighted by molar-refractivity contribution is 6.28. The van der Waals surface area contributed by atoms with Gasteiger partial charge in [-0.15, -0.1) is 12.4 Å². The first-order chi connectivity index (χ1) is 5.61. The molecule has 1 aromatic rings. The van der Waals surface area contributed by atoms with E-state index < -0.39 is 12.0 Å². The lowest BCUT2D eigenvalue weighted by Crippen LogP contribution is -2.21. The second kappa shape index (κ2) is 4.96. The van der Waals surface area contributed by atoms with Crippen LogP contribution in [0.15, 0.2) is 12.3 Å².